The van der Waals surface area contributed by atoms with E-state index in [1.54, 1.807) is 19.9 Å². The molecule has 2 heterocycles. The number of hydrogen-bond acceptors (Lipinski definition) is 7. The molecule has 144 valence electrons. The number of benzene rings is 1. The van der Waals surface area contributed by atoms with Gasteiger partial charge in [-0.1, -0.05) is 5.16 Å². The van der Waals surface area contributed by atoms with E-state index < -0.39 is 20.0 Å². The number of sulfonamides is 2. The molecule has 3 aromatic rings. The Morgan fingerprint density at radius 1 is 0.963 bits per heavy atom. The van der Waals surface area contributed by atoms with Crippen LogP contribution in [0, 0.1) is 13.8 Å². The van der Waals surface area contributed by atoms with Crippen LogP contribution in [0.15, 0.2) is 53.8 Å². The molecule has 0 atom stereocenters. The van der Waals surface area contributed by atoms with Gasteiger partial charge in [-0.2, -0.15) is 0 Å². The van der Waals surface area contributed by atoms with Crippen LogP contribution in [0.2, 0.25) is 0 Å². The number of halogens is 1. The number of rotatable bonds is 6. The van der Waals surface area contributed by atoms with Crippen molar-refractivity contribution < 1.29 is 21.4 Å². The zero-order valence-electron chi connectivity index (χ0n) is 14.1. The Labute approximate surface area is 168 Å². The molecule has 8 nitrogen and oxygen atoms in total. The number of nitrogens with zero attached hydrogens (tertiary/aromatic N) is 1. The van der Waals surface area contributed by atoms with Gasteiger partial charge in [-0.15, -0.1) is 11.3 Å². The van der Waals surface area contributed by atoms with Gasteiger partial charge in [-0.3, -0.25) is 4.72 Å². The molecule has 27 heavy (non-hydrogen) atoms. The second-order valence-electron chi connectivity index (χ2n) is 5.52. The van der Waals surface area contributed by atoms with Crippen molar-refractivity contribution in [3.8, 4) is 0 Å². The van der Waals surface area contributed by atoms with Crippen molar-refractivity contribution in [3.63, 3.8) is 0 Å². The molecule has 2 N–H and O–H groups in total. The molecule has 0 spiro atoms. The topological polar surface area (TPSA) is 118 Å². The van der Waals surface area contributed by atoms with E-state index in [1.807, 2.05) is 0 Å². The predicted molar refractivity (Wildman–Crippen MR) is 106 cm³/mol. The maximum absolute atomic E-state index is 12.4. The summed E-state index contributed by atoms with van der Waals surface area (Å²) in [4.78, 5) is -0.0437. The highest BCUT2D eigenvalue weighted by Gasteiger charge is 2.20. The van der Waals surface area contributed by atoms with Gasteiger partial charge in [-0.25, -0.2) is 21.6 Å². The molecular formula is C15H14BrN3O5S3. The lowest BCUT2D eigenvalue weighted by molar-refractivity contribution is 0.430. The van der Waals surface area contributed by atoms with E-state index in [0.717, 1.165) is 11.3 Å². The van der Waals surface area contributed by atoms with Crippen molar-refractivity contribution in [3.05, 3.63) is 51.4 Å². The van der Waals surface area contributed by atoms with Crippen LogP contribution in [0.5, 0.6) is 0 Å². The van der Waals surface area contributed by atoms with Crippen LogP contribution < -0.4 is 9.44 Å². The molecule has 12 heteroatoms. The van der Waals surface area contributed by atoms with Crippen LogP contribution in [0.1, 0.15) is 11.3 Å². The van der Waals surface area contributed by atoms with E-state index in [9.17, 15) is 16.8 Å². The second kappa shape index (κ2) is 7.26. The average Bonchev–Trinajstić information content (AvgIpc) is 3.16. The van der Waals surface area contributed by atoms with Crippen molar-refractivity contribution in [1.29, 1.82) is 0 Å². The highest BCUT2D eigenvalue weighted by molar-refractivity contribution is 9.11. The molecular weight excluding hydrogens is 478 g/mol. The van der Waals surface area contributed by atoms with Gasteiger partial charge in [0.15, 0.2) is 0 Å². The Morgan fingerprint density at radius 3 is 2.15 bits per heavy atom. The summed E-state index contributed by atoms with van der Waals surface area (Å²) in [5.41, 5.74) is 1.41. The van der Waals surface area contributed by atoms with Crippen LogP contribution in [-0.2, 0) is 20.0 Å². The van der Waals surface area contributed by atoms with E-state index in [-0.39, 0.29) is 20.7 Å². The van der Waals surface area contributed by atoms with Crippen LogP contribution >= 0.6 is 27.3 Å². The molecule has 1 aromatic carbocycles. The zero-order valence-corrected chi connectivity index (χ0v) is 18.1. The highest BCUT2D eigenvalue weighted by Crippen LogP contribution is 2.28. The summed E-state index contributed by atoms with van der Waals surface area (Å²) >= 11 is 4.29. The van der Waals surface area contributed by atoms with Gasteiger partial charge >= 0.3 is 0 Å². The number of aromatic nitrogens is 1. The lowest BCUT2D eigenvalue weighted by atomic mass is 10.3. The summed E-state index contributed by atoms with van der Waals surface area (Å²) < 4.78 is 60.0. The third-order valence-corrected chi connectivity index (χ3v) is 8.46. The van der Waals surface area contributed by atoms with Gasteiger partial charge < -0.3 is 4.52 Å². The minimum absolute atomic E-state index is 0.0422. The molecule has 0 amide bonds. The first-order chi connectivity index (χ1) is 12.6. The summed E-state index contributed by atoms with van der Waals surface area (Å²) in [5.74, 6) is 0.0422. The van der Waals surface area contributed by atoms with Gasteiger partial charge in [0.1, 0.15) is 4.21 Å². The lowest BCUT2D eigenvalue weighted by Crippen LogP contribution is -2.14. The van der Waals surface area contributed by atoms with Crippen molar-refractivity contribution in [2.75, 3.05) is 9.44 Å². The van der Waals surface area contributed by atoms with Crippen LogP contribution in [-0.4, -0.2) is 22.0 Å². The SMILES string of the molecule is Cc1noc(NS(=O)(=O)c2ccc(NS(=O)(=O)c3ccc(Br)s3)cc2)c1C. The lowest BCUT2D eigenvalue weighted by Gasteiger charge is -2.09. The van der Waals surface area contributed by atoms with Crippen LogP contribution in [0.25, 0.3) is 0 Å². The van der Waals surface area contributed by atoms with Crippen molar-refractivity contribution in [2.24, 2.45) is 0 Å². The molecule has 0 saturated heterocycles. The number of aryl methyl sites for hydroxylation is 1. The molecule has 0 fully saturated rings. The second-order valence-corrected chi connectivity index (χ2v) is 11.6. The number of hydrogen-bond donors (Lipinski definition) is 2. The molecule has 3 rings (SSSR count). The van der Waals surface area contributed by atoms with E-state index in [4.69, 9.17) is 4.52 Å². The molecule has 0 unspecified atom stereocenters. The Balaban J connectivity index is 1.79. The molecule has 0 aliphatic carbocycles. The molecule has 0 aliphatic rings. The quantitative estimate of drug-likeness (QED) is 0.542. The average molecular weight is 492 g/mol. The predicted octanol–water partition coefficient (Wildman–Crippen LogP) is 3.72. The van der Waals surface area contributed by atoms with Crippen molar-refractivity contribution in [2.45, 2.75) is 23.0 Å². The van der Waals surface area contributed by atoms with E-state index in [1.165, 1.54) is 30.3 Å². The fraction of sp³-hybridized carbons (Fsp3) is 0.133. The van der Waals surface area contributed by atoms with Gasteiger partial charge in [0, 0.05) is 11.3 Å². The number of nitrogens with one attached hydrogen (secondary N) is 2. The Morgan fingerprint density at radius 2 is 1.63 bits per heavy atom. The number of anilines is 2. The van der Waals surface area contributed by atoms with Gasteiger partial charge in [0.25, 0.3) is 20.0 Å². The zero-order chi connectivity index (χ0) is 19.8. The van der Waals surface area contributed by atoms with E-state index in [2.05, 4.69) is 30.5 Å². The monoisotopic (exact) mass is 491 g/mol. The Hall–Kier alpha value is -1.89. The summed E-state index contributed by atoms with van der Waals surface area (Å²) in [6, 6.07) is 8.43. The van der Waals surface area contributed by atoms with Gasteiger partial charge in [-0.05, 0) is 66.2 Å². The standard InChI is InChI=1S/C15H14BrN3O5S3/c1-9-10(2)17-24-15(9)19-26(20,21)12-5-3-11(4-6-12)18-27(22,23)14-8-7-13(16)25-14/h3-8,18-19H,1-2H3. The molecule has 0 saturated carbocycles. The van der Waals surface area contributed by atoms with Crippen molar-refractivity contribution in [1.82, 2.24) is 5.16 Å². The normalized spacial score (nSPS) is 12.1. The molecule has 2 aromatic heterocycles. The molecule has 0 bridgehead atoms. The smallest absolute Gasteiger partial charge is 0.271 e. The van der Waals surface area contributed by atoms with Crippen LogP contribution in [0.4, 0.5) is 11.6 Å². The minimum atomic E-state index is -3.90. The largest absolute Gasteiger partial charge is 0.337 e. The van der Waals surface area contributed by atoms with Crippen molar-refractivity contribution >= 4 is 58.9 Å². The molecule has 0 aliphatic heterocycles. The summed E-state index contributed by atoms with van der Waals surface area (Å²) in [5, 5.41) is 3.70. The Bertz CT molecular complexity index is 1180. The summed E-state index contributed by atoms with van der Waals surface area (Å²) in [6.45, 7) is 3.38. The maximum atomic E-state index is 12.4. The minimum Gasteiger partial charge on any atom is -0.337 e. The maximum Gasteiger partial charge on any atom is 0.271 e. The molecule has 0 radical (unpaired) electrons. The van der Waals surface area contributed by atoms with Gasteiger partial charge in [0.05, 0.1) is 14.4 Å². The summed E-state index contributed by atoms with van der Waals surface area (Å²) in [7, 11) is -7.64. The van der Waals surface area contributed by atoms with Crippen LogP contribution in [0.3, 0.4) is 0 Å². The first kappa shape index (κ1) is 19.9. The highest BCUT2D eigenvalue weighted by atomic mass is 79.9. The Kier molecular flexibility index (Phi) is 5.34. The van der Waals surface area contributed by atoms with E-state index >= 15 is 0 Å². The fourth-order valence-electron chi connectivity index (χ4n) is 2.04. The summed E-state index contributed by atoms with van der Waals surface area (Å²) in [6.07, 6.45) is 0. The third-order valence-electron chi connectivity index (χ3n) is 3.61. The first-order valence-corrected chi connectivity index (χ1v) is 12.0. The first-order valence-electron chi connectivity index (χ1n) is 7.42. The fourth-order valence-corrected chi connectivity index (χ4v) is 6.16. The van der Waals surface area contributed by atoms with E-state index in [0.29, 0.717) is 15.0 Å². The third kappa shape index (κ3) is 4.34. The number of thiophene rings is 1. The van der Waals surface area contributed by atoms with Gasteiger partial charge in [0.2, 0.25) is 5.88 Å².